The molecular weight excluding hydrogens is 432 g/mol. The van der Waals surface area contributed by atoms with Crippen molar-refractivity contribution in [2.75, 3.05) is 33.5 Å². The number of hydrogen-bond donors (Lipinski definition) is 0. The van der Waals surface area contributed by atoms with Gasteiger partial charge in [-0.1, -0.05) is 11.8 Å². The van der Waals surface area contributed by atoms with Gasteiger partial charge in [0, 0.05) is 18.2 Å². The average Bonchev–Trinajstić information content (AvgIpc) is 2.97. The van der Waals surface area contributed by atoms with E-state index in [0.29, 0.717) is 6.61 Å². The molecule has 6 nitrogen and oxygen atoms in total. The van der Waals surface area contributed by atoms with Crippen molar-refractivity contribution in [2.24, 2.45) is 0 Å². The number of thiophene rings is 1. The normalized spacial score (nSPS) is 12.7. The second-order valence-electron chi connectivity index (χ2n) is 4.73. The van der Waals surface area contributed by atoms with Crippen LogP contribution >= 0.6 is 39.0 Å². The number of carbonyl (C=O) groups excluding carboxylic acids is 2. The van der Waals surface area contributed by atoms with E-state index in [1.807, 2.05) is 11.4 Å². The number of esters is 2. The molecule has 0 N–H and O–H groups in total. The number of methoxy groups -OCH3 is 1. The van der Waals surface area contributed by atoms with Gasteiger partial charge in [-0.05, 0) is 48.1 Å². The van der Waals surface area contributed by atoms with E-state index >= 15 is 0 Å². The van der Waals surface area contributed by atoms with E-state index in [0.717, 1.165) is 20.4 Å². The quantitative estimate of drug-likeness (QED) is 0.287. The van der Waals surface area contributed by atoms with E-state index in [9.17, 15) is 9.59 Å². The Labute approximate surface area is 164 Å². The first-order valence-electron chi connectivity index (χ1n) is 7.84. The van der Waals surface area contributed by atoms with E-state index < -0.39 is 22.8 Å². The van der Waals surface area contributed by atoms with Gasteiger partial charge < -0.3 is 18.9 Å². The molecule has 1 aromatic rings. The lowest BCUT2D eigenvalue weighted by atomic mass is 10.0. The molecular formula is C16H23BrO6S2. The summed E-state index contributed by atoms with van der Waals surface area (Å²) in [6.07, 6.45) is -0.861. The fraction of sp³-hybridized carbons (Fsp3) is 0.625. The van der Waals surface area contributed by atoms with Crippen molar-refractivity contribution in [2.45, 2.75) is 35.8 Å². The maximum absolute atomic E-state index is 12.9. The highest BCUT2D eigenvalue weighted by Gasteiger charge is 2.57. The van der Waals surface area contributed by atoms with Gasteiger partial charge in [-0.25, -0.2) is 9.59 Å². The van der Waals surface area contributed by atoms with Gasteiger partial charge in [0.15, 0.2) is 0 Å². The first-order chi connectivity index (χ1) is 12.0. The van der Waals surface area contributed by atoms with Crippen molar-refractivity contribution >= 4 is 51.0 Å². The van der Waals surface area contributed by atoms with Gasteiger partial charge in [0.2, 0.25) is 4.75 Å². The molecule has 0 bridgehead atoms. The summed E-state index contributed by atoms with van der Waals surface area (Å²) < 4.78 is 21.2. The lowest BCUT2D eigenvalue weighted by molar-refractivity contribution is -0.167. The summed E-state index contributed by atoms with van der Waals surface area (Å²) in [6, 6.07) is 1.85. The minimum Gasteiger partial charge on any atom is -0.464 e. The summed E-state index contributed by atoms with van der Waals surface area (Å²) in [5.41, 5.74) is 0. The summed E-state index contributed by atoms with van der Waals surface area (Å²) >= 11 is 5.91. The molecule has 0 spiro atoms. The molecule has 142 valence electrons. The maximum Gasteiger partial charge on any atom is 0.337 e. The van der Waals surface area contributed by atoms with Crippen LogP contribution in [0.5, 0.6) is 0 Å². The minimum atomic E-state index is -1.72. The molecule has 0 aliphatic carbocycles. The van der Waals surface area contributed by atoms with Gasteiger partial charge in [-0.2, -0.15) is 0 Å². The lowest BCUT2D eigenvalue weighted by Crippen LogP contribution is -2.57. The minimum absolute atomic E-state index is 0.0431. The molecule has 0 aromatic carbocycles. The van der Waals surface area contributed by atoms with Crippen LogP contribution in [0.25, 0.3) is 0 Å². The number of rotatable bonds is 11. The highest BCUT2D eigenvalue weighted by molar-refractivity contribution is 9.10. The average molecular weight is 455 g/mol. The fourth-order valence-electron chi connectivity index (χ4n) is 2.11. The third kappa shape index (κ3) is 5.43. The Kier molecular flexibility index (Phi) is 10.0. The molecule has 0 aliphatic rings. The van der Waals surface area contributed by atoms with Crippen molar-refractivity contribution in [3.63, 3.8) is 0 Å². The van der Waals surface area contributed by atoms with Crippen LogP contribution in [0.4, 0.5) is 0 Å². The summed E-state index contributed by atoms with van der Waals surface area (Å²) in [6.45, 7) is 5.78. The first kappa shape index (κ1) is 22.4. The van der Waals surface area contributed by atoms with Crippen LogP contribution in [0.15, 0.2) is 20.1 Å². The zero-order chi connectivity index (χ0) is 18.9. The Balaban J connectivity index is 3.46. The van der Waals surface area contributed by atoms with E-state index in [1.165, 1.54) is 18.4 Å². The maximum atomic E-state index is 12.9. The van der Waals surface area contributed by atoms with Crippen LogP contribution in [0, 0.1) is 0 Å². The van der Waals surface area contributed by atoms with Crippen LogP contribution in [0.3, 0.4) is 0 Å². The summed E-state index contributed by atoms with van der Waals surface area (Å²) in [5, 5.41) is 1.86. The van der Waals surface area contributed by atoms with Gasteiger partial charge in [-0.15, -0.1) is 11.3 Å². The Morgan fingerprint density at radius 2 is 1.80 bits per heavy atom. The zero-order valence-electron chi connectivity index (χ0n) is 14.7. The molecule has 0 fully saturated rings. The van der Waals surface area contributed by atoms with Gasteiger partial charge in [0.05, 0.1) is 24.0 Å². The highest BCUT2D eigenvalue weighted by atomic mass is 79.9. The predicted octanol–water partition coefficient (Wildman–Crippen LogP) is 3.52. The Morgan fingerprint density at radius 3 is 2.20 bits per heavy atom. The molecule has 0 saturated heterocycles. The number of halogens is 1. The molecule has 0 saturated carbocycles. The smallest absolute Gasteiger partial charge is 0.337 e. The van der Waals surface area contributed by atoms with Crippen molar-refractivity contribution < 1.29 is 28.5 Å². The molecule has 1 heterocycles. The monoisotopic (exact) mass is 454 g/mol. The third-order valence-corrected chi connectivity index (χ3v) is 6.89. The second kappa shape index (κ2) is 11.2. The molecule has 25 heavy (non-hydrogen) atoms. The highest BCUT2D eigenvalue weighted by Crippen LogP contribution is 2.45. The number of hydrogen-bond acceptors (Lipinski definition) is 8. The molecule has 0 amide bonds. The van der Waals surface area contributed by atoms with Gasteiger partial charge >= 0.3 is 11.9 Å². The van der Waals surface area contributed by atoms with Crippen LogP contribution in [0.1, 0.15) is 20.8 Å². The van der Waals surface area contributed by atoms with Gasteiger partial charge in [0.1, 0.15) is 6.10 Å². The number of thioether (sulfide) groups is 1. The summed E-state index contributed by atoms with van der Waals surface area (Å²) in [7, 11) is 1.48. The first-order valence-corrected chi connectivity index (χ1v) is 10.3. The second-order valence-corrected chi connectivity index (χ2v) is 8.02. The largest absolute Gasteiger partial charge is 0.464 e. The van der Waals surface area contributed by atoms with Gasteiger partial charge in [-0.3, -0.25) is 0 Å². The van der Waals surface area contributed by atoms with E-state index in [2.05, 4.69) is 15.9 Å². The standard InChI is InChI=1S/C16H23BrO6S2/c1-5-21-12(10-20-4)16(14(18)22-6-2,15(19)23-7-3)25-13-11(17)8-9-24-13/h8-9,12H,5-7,10H2,1-4H3. The fourth-order valence-corrected chi connectivity index (χ4v) is 5.21. The van der Waals surface area contributed by atoms with Crippen LogP contribution in [-0.2, 0) is 28.5 Å². The van der Waals surface area contributed by atoms with Crippen LogP contribution in [0.2, 0.25) is 0 Å². The molecule has 1 aromatic heterocycles. The molecule has 1 unspecified atom stereocenters. The lowest BCUT2D eigenvalue weighted by Gasteiger charge is -2.34. The van der Waals surface area contributed by atoms with E-state index in [4.69, 9.17) is 18.9 Å². The SMILES string of the molecule is CCOC(=O)C(Sc1sccc1Br)(C(=O)OCC)C(COC)OCC. The number of carbonyl (C=O) groups is 2. The molecule has 9 heteroatoms. The van der Waals surface area contributed by atoms with E-state index in [-0.39, 0.29) is 19.8 Å². The molecule has 1 atom stereocenters. The predicted molar refractivity (Wildman–Crippen MR) is 101 cm³/mol. The van der Waals surface area contributed by atoms with Crippen molar-refractivity contribution in [3.05, 3.63) is 15.9 Å². The third-order valence-electron chi connectivity index (χ3n) is 3.13. The molecule has 0 radical (unpaired) electrons. The zero-order valence-corrected chi connectivity index (χ0v) is 17.9. The molecule has 1 rings (SSSR count). The van der Waals surface area contributed by atoms with Crippen molar-refractivity contribution in [3.8, 4) is 0 Å². The topological polar surface area (TPSA) is 71.1 Å². The Morgan fingerprint density at radius 1 is 1.20 bits per heavy atom. The van der Waals surface area contributed by atoms with Crippen LogP contribution in [-0.4, -0.2) is 56.3 Å². The van der Waals surface area contributed by atoms with Crippen molar-refractivity contribution in [1.82, 2.24) is 0 Å². The molecule has 0 aliphatic heterocycles. The van der Waals surface area contributed by atoms with E-state index in [1.54, 1.807) is 20.8 Å². The van der Waals surface area contributed by atoms with Crippen LogP contribution < -0.4 is 0 Å². The number of ether oxygens (including phenoxy) is 4. The summed E-state index contributed by atoms with van der Waals surface area (Å²) in [5.74, 6) is -1.40. The summed E-state index contributed by atoms with van der Waals surface area (Å²) in [4.78, 5) is 25.8. The van der Waals surface area contributed by atoms with Gasteiger partial charge in [0.25, 0.3) is 0 Å². The van der Waals surface area contributed by atoms with Crippen molar-refractivity contribution in [1.29, 1.82) is 0 Å². The Bertz CT molecular complexity index is 539. The Hall–Kier alpha value is -0.610.